The van der Waals surface area contributed by atoms with Crippen molar-refractivity contribution in [1.82, 2.24) is 9.80 Å². The number of carbonyl (C=O) groups excluding carboxylic acids is 2. The molecule has 0 aliphatic heterocycles. The van der Waals surface area contributed by atoms with Gasteiger partial charge >= 0.3 is 0 Å². The Morgan fingerprint density at radius 2 is 1.54 bits per heavy atom. The Bertz CT molecular complexity index is 699. The minimum absolute atomic E-state index is 0.116. The first-order valence-corrected chi connectivity index (χ1v) is 7.78. The number of hydrogen-bond acceptors (Lipinski definition) is 3. The van der Waals surface area contributed by atoms with Crippen molar-refractivity contribution >= 4 is 11.8 Å². The van der Waals surface area contributed by atoms with Gasteiger partial charge in [-0.25, -0.2) is 0 Å². The van der Waals surface area contributed by atoms with Gasteiger partial charge in [0, 0.05) is 38.3 Å². The lowest BCUT2D eigenvalue weighted by Crippen LogP contribution is -2.33. The fourth-order valence-corrected chi connectivity index (χ4v) is 2.40. The van der Waals surface area contributed by atoms with Crippen LogP contribution >= 0.6 is 0 Å². The third kappa shape index (κ3) is 4.43. The summed E-state index contributed by atoms with van der Waals surface area (Å²) in [5, 5.41) is 9.27. The Morgan fingerprint density at radius 3 is 2.12 bits per heavy atom. The van der Waals surface area contributed by atoms with E-state index in [4.69, 9.17) is 0 Å². The number of aliphatic hydroxyl groups excluding tert-OH is 1. The normalized spacial score (nSPS) is 10.3. The van der Waals surface area contributed by atoms with Crippen molar-refractivity contribution < 1.29 is 14.7 Å². The highest BCUT2D eigenvalue weighted by Crippen LogP contribution is 2.13. The van der Waals surface area contributed by atoms with Crippen molar-refractivity contribution in [3.8, 4) is 0 Å². The van der Waals surface area contributed by atoms with Crippen LogP contribution in [0, 0.1) is 0 Å². The largest absolute Gasteiger partial charge is 0.395 e. The van der Waals surface area contributed by atoms with Crippen molar-refractivity contribution in [3.63, 3.8) is 0 Å². The molecule has 2 aromatic rings. The molecule has 0 heterocycles. The van der Waals surface area contributed by atoms with Gasteiger partial charge in [0.25, 0.3) is 11.8 Å². The van der Waals surface area contributed by atoms with Crippen molar-refractivity contribution in [1.29, 1.82) is 0 Å². The van der Waals surface area contributed by atoms with Gasteiger partial charge < -0.3 is 14.9 Å². The van der Waals surface area contributed by atoms with E-state index in [1.54, 1.807) is 43.3 Å². The number of rotatable bonds is 6. The zero-order chi connectivity index (χ0) is 17.5. The number of amides is 2. The number of carbonyl (C=O) groups is 2. The summed E-state index contributed by atoms with van der Waals surface area (Å²) in [5.74, 6) is -0.359. The first-order valence-electron chi connectivity index (χ1n) is 7.78. The van der Waals surface area contributed by atoms with E-state index in [0.717, 1.165) is 5.56 Å². The van der Waals surface area contributed by atoms with Gasteiger partial charge in [0.05, 0.1) is 6.61 Å². The Labute approximate surface area is 142 Å². The molecule has 2 aromatic carbocycles. The second kappa shape index (κ2) is 8.26. The smallest absolute Gasteiger partial charge is 0.254 e. The zero-order valence-corrected chi connectivity index (χ0v) is 14.0. The van der Waals surface area contributed by atoms with Gasteiger partial charge in [-0.1, -0.05) is 36.4 Å². The molecular formula is C19H22N2O3. The van der Waals surface area contributed by atoms with Crippen LogP contribution in [0.15, 0.2) is 54.6 Å². The molecule has 0 atom stereocenters. The van der Waals surface area contributed by atoms with Gasteiger partial charge in [-0.2, -0.15) is 0 Å². The topological polar surface area (TPSA) is 60.9 Å². The summed E-state index contributed by atoms with van der Waals surface area (Å²) in [6.07, 6.45) is 0. The van der Waals surface area contributed by atoms with Crippen LogP contribution in [0.5, 0.6) is 0 Å². The number of benzene rings is 2. The average molecular weight is 326 g/mol. The Kier molecular flexibility index (Phi) is 6.09. The Morgan fingerprint density at radius 1 is 0.917 bits per heavy atom. The maximum atomic E-state index is 12.8. The van der Waals surface area contributed by atoms with E-state index in [0.29, 0.717) is 17.7 Å². The molecule has 0 saturated carbocycles. The van der Waals surface area contributed by atoms with Gasteiger partial charge in [-0.15, -0.1) is 0 Å². The lowest BCUT2D eigenvalue weighted by Gasteiger charge is -2.22. The number of hydrogen-bond donors (Lipinski definition) is 1. The molecule has 0 unspecified atom stereocenters. The summed E-state index contributed by atoms with van der Waals surface area (Å²) in [6, 6.07) is 16.3. The molecule has 0 fully saturated rings. The molecule has 1 N–H and O–H groups in total. The molecule has 0 aliphatic carbocycles. The molecule has 0 saturated heterocycles. The minimum atomic E-state index is -0.207. The summed E-state index contributed by atoms with van der Waals surface area (Å²) in [7, 11) is 3.34. The molecule has 126 valence electrons. The lowest BCUT2D eigenvalue weighted by atomic mass is 10.1. The van der Waals surface area contributed by atoms with Crippen LogP contribution in [-0.2, 0) is 6.54 Å². The highest BCUT2D eigenvalue weighted by atomic mass is 16.3. The van der Waals surface area contributed by atoms with Crippen molar-refractivity contribution in [2.45, 2.75) is 6.54 Å². The van der Waals surface area contributed by atoms with Crippen LogP contribution in [0.25, 0.3) is 0 Å². The molecule has 0 spiro atoms. The van der Waals surface area contributed by atoms with Gasteiger partial charge in [0.2, 0.25) is 0 Å². The summed E-state index contributed by atoms with van der Waals surface area (Å²) in [6.45, 7) is 0.528. The van der Waals surface area contributed by atoms with E-state index in [9.17, 15) is 14.7 Å². The van der Waals surface area contributed by atoms with E-state index >= 15 is 0 Å². The van der Waals surface area contributed by atoms with Gasteiger partial charge in [-0.3, -0.25) is 9.59 Å². The fraction of sp³-hybridized carbons (Fsp3) is 0.263. The first-order chi connectivity index (χ1) is 11.5. The van der Waals surface area contributed by atoms with Crippen LogP contribution < -0.4 is 0 Å². The quantitative estimate of drug-likeness (QED) is 0.883. The first kappa shape index (κ1) is 17.7. The molecule has 24 heavy (non-hydrogen) atoms. The summed E-state index contributed by atoms with van der Waals surface area (Å²) in [5.41, 5.74) is 1.89. The van der Waals surface area contributed by atoms with E-state index < -0.39 is 0 Å². The van der Waals surface area contributed by atoms with Crippen molar-refractivity contribution in [2.24, 2.45) is 0 Å². The average Bonchev–Trinajstić information content (AvgIpc) is 2.61. The van der Waals surface area contributed by atoms with Crippen LogP contribution in [-0.4, -0.2) is 54.0 Å². The van der Waals surface area contributed by atoms with Crippen LogP contribution in [0.2, 0.25) is 0 Å². The fourth-order valence-electron chi connectivity index (χ4n) is 2.40. The highest BCUT2D eigenvalue weighted by Gasteiger charge is 2.17. The monoisotopic (exact) mass is 326 g/mol. The molecule has 0 bridgehead atoms. The Hall–Kier alpha value is -2.66. The van der Waals surface area contributed by atoms with Crippen LogP contribution in [0.1, 0.15) is 26.3 Å². The van der Waals surface area contributed by atoms with Crippen molar-refractivity contribution in [3.05, 3.63) is 71.3 Å². The highest BCUT2D eigenvalue weighted by molar-refractivity contribution is 5.99. The number of nitrogens with zero attached hydrogens (tertiary/aromatic N) is 2. The second-order valence-corrected chi connectivity index (χ2v) is 5.72. The van der Waals surface area contributed by atoms with E-state index in [-0.39, 0.29) is 25.0 Å². The van der Waals surface area contributed by atoms with Gasteiger partial charge in [0.1, 0.15) is 0 Å². The molecule has 0 aromatic heterocycles. The minimum Gasteiger partial charge on any atom is -0.395 e. The van der Waals surface area contributed by atoms with E-state index in [2.05, 4.69) is 0 Å². The second-order valence-electron chi connectivity index (χ2n) is 5.72. The van der Waals surface area contributed by atoms with Gasteiger partial charge in [0.15, 0.2) is 0 Å². The summed E-state index contributed by atoms with van der Waals surface area (Å²) >= 11 is 0. The third-order valence-electron chi connectivity index (χ3n) is 3.64. The van der Waals surface area contributed by atoms with Crippen molar-refractivity contribution in [2.75, 3.05) is 27.2 Å². The van der Waals surface area contributed by atoms with E-state index in [1.807, 2.05) is 30.3 Å². The Balaban J connectivity index is 2.23. The van der Waals surface area contributed by atoms with E-state index in [1.165, 1.54) is 4.90 Å². The summed E-state index contributed by atoms with van der Waals surface area (Å²) in [4.78, 5) is 27.9. The van der Waals surface area contributed by atoms with Gasteiger partial charge in [-0.05, 0) is 23.8 Å². The third-order valence-corrected chi connectivity index (χ3v) is 3.64. The standard InChI is InChI=1S/C19H22N2O3/c1-20(2)18(23)16-9-6-10-17(13-16)19(24)21(11-12-22)14-15-7-4-3-5-8-15/h3-10,13,22H,11-12,14H2,1-2H3. The van der Waals surface area contributed by atoms with Crippen LogP contribution in [0.4, 0.5) is 0 Å². The molecule has 5 nitrogen and oxygen atoms in total. The molecule has 2 amide bonds. The lowest BCUT2D eigenvalue weighted by molar-refractivity contribution is 0.0708. The maximum absolute atomic E-state index is 12.8. The molecule has 5 heteroatoms. The molecular weight excluding hydrogens is 304 g/mol. The molecule has 0 radical (unpaired) electrons. The maximum Gasteiger partial charge on any atom is 0.254 e. The SMILES string of the molecule is CN(C)C(=O)c1cccc(C(=O)N(CCO)Cc2ccccc2)c1. The summed E-state index contributed by atoms with van der Waals surface area (Å²) < 4.78 is 0. The zero-order valence-electron chi connectivity index (χ0n) is 14.0. The van der Waals surface area contributed by atoms with Crippen LogP contribution in [0.3, 0.4) is 0 Å². The number of aliphatic hydroxyl groups is 1. The predicted octanol–water partition coefficient (Wildman–Crippen LogP) is 2.02. The predicted molar refractivity (Wildman–Crippen MR) is 92.7 cm³/mol. The molecule has 0 aliphatic rings. The molecule has 2 rings (SSSR count).